The molecular formula is C24H29Cl2N3O5S. The Bertz CT molecular complexity index is 1170. The van der Waals surface area contributed by atoms with E-state index in [1.165, 1.54) is 42.4 Å². The molecule has 2 aliphatic rings. The van der Waals surface area contributed by atoms with Crippen molar-refractivity contribution in [1.29, 1.82) is 0 Å². The average molecular weight is 542 g/mol. The molecule has 35 heavy (non-hydrogen) atoms. The van der Waals surface area contributed by atoms with E-state index in [9.17, 15) is 18.0 Å². The number of rotatable bonds is 6. The summed E-state index contributed by atoms with van der Waals surface area (Å²) in [5.74, 6) is -1.14. The van der Waals surface area contributed by atoms with Gasteiger partial charge in [0.05, 0.1) is 35.5 Å². The Morgan fingerprint density at radius 1 is 1.11 bits per heavy atom. The van der Waals surface area contributed by atoms with Crippen LogP contribution in [0.2, 0.25) is 5.02 Å². The van der Waals surface area contributed by atoms with Gasteiger partial charge in [0, 0.05) is 10.6 Å². The zero-order valence-corrected chi connectivity index (χ0v) is 21.5. The number of sulfone groups is 1. The summed E-state index contributed by atoms with van der Waals surface area (Å²) in [6.45, 7) is 0.510. The predicted molar refractivity (Wildman–Crippen MR) is 136 cm³/mol. The Hall–Kier alpha value is -2.17. The summed E-state index contributed by atoms with van der Waals surface area (Å²) < 4.78 is 25.8. The lowest BCUT2D eigenvalue weighted by Gasteiger charge is -2.25. The number of fused-ring (bicyclic) bond motifs is 1. The topological polar surface area (TPSA) is 119 Å². The van der Waals surface area contributed by atoms with Crippen molar-refractivity contribution in [1.82, 2.24) is 5.48 Å². The lowest BCUT2D eigenvalue weighted by molar-refractivity contribution is -0.119. The molecule has 1 fully saturated rings. The number of nitrogens with one attached hydrogen (secondary N) is 1. The largest absolute Gasteiger partial charge is 0.319 e. The van der Waals surface area contributed by atoms with Crippen LogP contribution in [0.25, 0.3) is 0 Å². The predicted octanol–water partition coefficient (Wildman–Crippen LogP) is 3.65. The summed E-state index contributed by atoms with van der Waals surface area (Å²) in [5.41, 5.74) is 9.43. The summed E-state index contributed by atoms with van der Waals surface area (Å²) in [4.78, 5) is 32.5. The first-order chi connectivity index (χ1) is 16.2. The van der Waals surface area contributed by atoms with E-state index in [-0.39, 0.29) is 35.1 Å². The third-order valence-corrected chi connectivity index (χ3v) is 8.36. The molecule has 3 N–H and O–H groups in total. The number of benzene rings is 2. The van der Waals surface area contributed by atoms with Gasteiger partial charge in [-0.2, -0.15) is 0 Å². The van der Waals surface area contributed by atoms with Crippen LogP contribution >= 0.6 is 24.0 Å². The van der Waals surface area contributed by atoms with E-state index in [0.717, 1.165) is 18.4 Å². The Balaban J connectivity index is 0.00000342. The number of carbonyl (C=O) groups is 2. The highest BCUT2D eigenvalue weighted by molar-refractivity contribution is 7.91. The van der Waals surface area contributed by atoms with Crippen molar-refractivity contribution in [2.75, 3.05) is 17.3 Å². The Morgan fingerprint density at radius 2 is 1.80 bits per heavy atom. The van der Waals surface area contributed by atoms with E-state index < -0.39 is 33.4 Å². The van der Waals surface area contributed by atoms with Crippen molar-refractivity contribution in [3.63, 3.8) is 0 Å². The number of nitrogens with two attached hydrogens (primary N) is 1. The molecule has 11 heteroatoms. The van der Waals surface area contributed by atoms with E-state index in [4.69, 9.17) is 22.2 Å². The van der Waals surface area contributed by atoms with Gasteiger partial charge in [-0.1, -0.05) is 43.0 Å². The molecular weight excluding hydrogens is 513 g/mol. The van der Waals surface area contributed by atoms with E-state index in [1.54, 1.807) is 24.3 Å². The first-order valence-corrected chi connectivity index (χ1v) is 13.4. The molecule has 2 aromatic rings. The Morgan fingerprint density at radius 3 is 2.49 bits per heavy atom. The summed E-state index contributed by atoms with van der Waals surface area (Å²) in [5, 5.41) is 0.540. The summed E-state index contributed by atoms with van der Waals surface area (Å²) >= 11 is 5.96. The second-order valence-electron chi connectivity index (χ2n) is 8.87. The number of halogens is 2. The molecule has 1 aliphatic heterocycles. The van der Waals surface area contributed by atoms with Crippen molar-refractivity contribution < 1.29 is 22.8 Å². The molecule has 0 bridgehead atoms. The molecule has 2 amide bonds. The summed E-state index contributed by atoms with van der Waals surface area (Å²) in [6.07, 6.45) is 5.72. The maximum absolute atomic E-state index is 13.1. The standard InChI is InChI=1S/C24H28ClN3O5S.ClH/c25-19-9-6-16(7-10-19)13-28-21-12-18(23(29)27-33-14-17-4-2-1-3-5-17)8-11-22(21)34(31,32)15-20(26)24(28)30;/h6-12,17,20H,1-5,13-15,26H2,(H,27,29);1H/t20-;/m0./s1. The molecule has 0 unspecified atom stereocenters. The molecule has 8 nitrogen and oxygen atoms in total. The highest BCUT2D eigenvalue weighted by Crippen LogP contribution is 2.33. The minimum atomic E-state index is -3.84. The molecule has 1 heterocycles. The van der Waals surface area contributed by atoms with Crippen LogP contribution in [0.3, 0.4) is 0 Å². The monoisotopic (exact) mass is 541 g/mol. The fraction of sp³-hybridized carbons (Fsp3) is 0.417. The third-order valence-electron chi connectivity index (χ3n) is 6.29. The Labute approximate surface area is 216 Å². The van der Waals surface area contributed by atoms with Crippen LogP contribution in [0.5, 0.6) is 0 Å². The van der Waals surface area contributed by atoms with Crippen molar-refractivity contribution in [3.8, 4) is 0 Å². The third kappa shape index (κ3) is 6.54. The average Bonchev–Trinajstić information content (AvgIpc) is 2.89. The minimum absolute atomic E-state index is 0. The van der Waals surface area contributed by atoms with Gasteiger partial charge >= 0.3 is 0 Å². The van der Waals surface area contributed by atoms with Gasteiger partial charge < -0.3 is 10.6 Å². The number of nitrogens with zero attached hydrogens (tertiary/aromatic N) is 1. The van der Waals surface area contributed by atoms with Gasteiger partial charge in [-0.3, -0.25) is 14.4 Å². The van der Waals surface area contributed by atoms with Crippen LogP contribution in [0.4, 0.5) is 5.69 Å². The molecule has 0 radical (unpaired) electrons. The molecule has 4 rings (SSSR count). The zero-order valence-electron chi connectivity index (χ0n) is 19.1. The van der Waals surface area contributed by atoms with Crippen molar-refractivity contribution in [3.05, 3.63) is 58.6 Å². The fourth-order valence-corrected chi connectivity index (χ4v) is 6.11. The number of amides is 2. The van der Waals surface area contributed by atoms with Gasteiger partial charge in [-0.25, -0.2) is 13.9 Å². The summed E-state index contributed by atoms with van der Waals surface area (Å²) in [6, 6.07) is 9.80. The number of anilines is 1. The highest BCUT2D eigenvalue weighted by Gasteiger charge is 2.36. The summed E-state index contributed by atoms with van der Waals surface area (Å²) in [7, 11) is -3.84. The van der Waals surface area contributed by atoms with Gasteiger partial charge in [-0.05, 0) is 54.7 Å². The quantitative estimate of drug-likeness (QED) is 0.538. The van der Waals surface area contributed by atoms with E-state index in [0.29, 0.717) is 17.5 Å². The molecule has 2 aromatic carbocycles. The maximum atomic E-state index is 13.1. The Kier molecular flexibility index (Phi) is 9.17. The minimum Gasteiger partial charge on any atom is -0.319 e. The number of hydroxylamine groups is 1. The van der Waals surface area contributed by atoms with Gasteiger partial charge in [0.1, 0.15) is 0 Å². The van der Waals surface area contributed by atoms with E-state index in [1.807, 2.05) is 0 Å². The lowest BCUT2D eigenvalue weighted by Crippen LogP contribution is -2.45. The van der Waals surface area contributed by atoms with Crippen LogP contribution in [0, 0.1) is 5.92 Å². The van der Waals surface area contributed by atoms with Crippen LogP contribution in [-0.4, -0.2) is 38.6 Å². The molecule has 0 saturated heterocycles. The smallest absolute Gasteiger partial charge is 0.274 e. The fourth-order valence-electron chi connectivity index (χ4n) is 4.42. The molecule has 1 saturated carbocycles. The SMILES string of the molecule is Cl.N[C@H]1CS(=O)(=O)c2ccc(C(=O)NOCC3CCCCC3)cc2N(Cc2ccc(Cl)cc2)C1=O. The molecule has 190 valence electrons. The first kappa shape index (κ1) is 27.4. The van der Waals surface area contributed by atoms with Crippen LogP contribution in [0.1, 0.15) is 48.0 Å². The normalized spacial score (nSPS) is 19.9. The van der Waals surface area contributed by atoms with Gasteiger partial charge in [0.15, 0.2) is 9.84 Å². The lowest BCUT2D eigenvalue weighted by atomic mass is 9.90. The molecule has 0 spiro atoms. The van der Waals surface area contributed by atoms with E-state index in [2.05, 4.69) is 5.48 Å². The number of carbonyl (C=O) groups excluding carboxylic acids is 2. The van der Waals surface area contributed by atoms with Crippen molar-refractivity contribution >= 4 is 51.3 Å². The maximum Gasteiger partial charge on any atom is 0.274 e. The molecule has 1 atom stereocenters. The second kappa shape index (κ2) is 11.7. The highest BCUT2D eigenvalue weighted by atomic mass is 35.5. The molecule has 1 aliphatic carbocycles. The second-order valence-corrected chi connectivity index (χ2v) is 11.3. The van der Waals surface area contributed by atoms with Crippen LogP contribution < -0.4 is 16.1 Å². The van der Waals surface area contributed by atoms with Crippen molar-refractivity contribution in [2.24, 2.45) is 11.7 Å². The number of hydrogen-bond acceptors (Lipinski definition) is 6. The van der Waals surface area contributed by atoms with Gasteiger partial charge in [0.25, 0.3) is 5.91 Å². The van der Waals surface area contributed by atoms with Crippen LogP contribution in [-0.2, 0) is 26.0 Å². The van der Waals surface area contributed by atoms with Gasteiger partial charge in [-0.15, -0.1) is 12.4 Å². The first-order valence-electron chi connectivity index (χ1n) is 11.3. The van der Waals surface area contributed by atoms with Crippen LogP contribution in [0.15, 0.2) is 47.4 Å². The zero-order chi connectivity index (χ0) is 24.3. The van der Waals surface area contributed by atoms with Crippen molar-refractivity contribution in [2.45, 2.75) is 49.6 Å². The van der Waals surface area contributed by atoms with E-state index >= 15 is 0 Å². The number of hydrogen-bond donors (Lipinski definition) is 2. The van der Waals surface area contributed by atoms with Gasteiger partial charge in [0.2, 0.25) is 5.91 Å². The molecule has 0 aromatic heterocycles.